The summed E-state index contributed by atoms with van der Waals surface area (Å²) in [7, 11) is 0. The molecule has 0 saturated carbocycles. The van der Waals surface area contributed by atoms with Crippen molar-refractivity contribution in [1.29, 1.82) is 0 Å². The highest BCUT2D eigenvalue weighted by atomic mass is 35.5. The molecule has 4 nitrogen and oxygen atoms in total. The molecule has 22 heavy (non-hydrogen) atoms. The average Bonchev–Trinajstić information content (AvgIpc) is 3.05. The summed E-state index contributed by atoms with van der Waals surface area (Å²) in [5.41, 5.74) is 6.37. The fourth-order valence-corrected chi connectivity index (χ4v) is 2.54. The number of thiophene rings is 1. The first kappa shape index (κ1) is 18.4. The van der Waals surface area contributed by atoms with Crippen LogP contribution in [0.2, 0.25) is 0 Å². The van der Waals surface area contributed by atoms with Crippen molar-refractivity contribution in [2.24, 2.45) is 11.7 Å². The van der Waals surface area contributed by atoms with E-state index in [1.165, 1.54) is 11.3 Å². The molecule has 3 N–H and O–H groups in total. The van der Waals surface area contributed by atoms with Gasteiger partial charge in [0.2, 0.25) is 5.78 Å². The minimum Gasteiger partial charge on any atom is -0.352 e. The first-order valence-electron chi connectivity index (χ1n) is 6.79. The van der Waals surface area contributed by atoms with Crippen LogP contribution < -0.4 is 11.1 Å². The summed E-state index contributed by atoms with van der Waals surface area (Å²) >= 11 is 1.37. The fourth-order valence-electron chi connectivity index (χ4n) is 1.87. The van der Waals surface area contributed by atoms with Crippen molar-refractivity contribution in [3.05, 3.63) is 57.8 Å². The monoisotopic (exact) mass is 338 g/mol. The van der Waals surface area contributed by atoms with Crippen LogP contribution >= 0.6 is 23.7 Å². The first-order valence-corrected chi connectivity index (χ1v) is 7.67. The number of nitrogens with one attached hydrogen (secondary N) is 1. The van der Waals surface area contributed by atoms with Gasteiger partial charge in [0, 0.05) is 12.1 Å². The molecule has 0 saturated heterocycles. The molecule has 1 amide bonds. The molecule has 1 atom stereocenters. The van der Waals surface area contributed by atoms with Crippen molar-refractivity contribution in [3.63, 3.8) is 0 Å². The summed E-state index contributed by atoms with van der Waals surface area (Å²) in [6, 6.07) is 10.5. The highest BCUT2D eigenvalue weighted by Crippen LogP contribution is 2.18. The summed E-state index contributed by atoms with van der Waals surface area (Å²) < 4.78 is 0. The number of hydrogen-bond acceptors (Lipinski definition) is 4. The third kappa shape index (κ3) is 4.40. The van der Waals surface area contributed by atoms with Crippen LogP contribution in [0.5, 0.6) is 0 Å². The van der Waals surface area contributed by atoms with Crippen molar-refractivity contribution in [3.8, 4) is 0 Å². The van der Waals surface area contributed by atoms with Gasteiger partial charge in [-0.05, 0) is 30.0 Å². The van der Waals surface area contributed by atoms with Crippen LogP contribution in [0, 0.1) is 5.92 Å². The van der Waals surface area contributed by atoms with Gasteiger partial charge < -0.3 is 11.1 Å². The van der Waals surface area contributed by atoms with Gasteiger partial charge in [0.15, 0.2) is 0 Å². The Morgan fingerprint density at radius 3 is 2.45 bits per heavy atom. The highest BCUT2D eigenvalue weighted by Gasteiger charge is 2.18. The Kier molecular flexibility index (Phi) is 7.24. The molecule has 0 fully saturated rings. The number of halogens is 1. The maximum absolute atomic E-state index is 12.4. The lowest BCUT2D eigenvalue weighted by atomic mass is 10.0. The van der Waals surface area contributed by atoms with Crippen molar-refractivity contribution >= 4 is 35.4 Å². The minimum atomic E-state index is -0.240. The Morgan fingerprint density at radius 1 is 1.18 bits per heavy atom. The zero-order valence-electron chi connectivity index (χ0n) is 12.2. The maximum Gasteiger partial charge on any atom is 0.252 e. The predicted molar refractivity (Wildman–Crippen MR) is 92.0 cm³/mol. The van der Waals surface area contributed by atoms with E-state index in [1.54, 1.807) is 30.3 Å². The van der Waals surface area contributed by atoms with Gasteiger partial charge in [0.25, 0.3) is 5.91 Å². The summed E-state index contributed by atoms with van der Waals surface area (Å²) in [6.45, 7) is 2.97. The number of carbonyl (C=O) groups is 2. The lowest BCUT2D eigenvalue weighted by molar-refractivity contribution is 0.0938. The van der Waals surface area contributed by atoms with E-state index in [9.17, 15) is 9.59 Å². The van der Waals surface area contributed by atoms with Crippen molar-refractivity contribution in [2.75, 3.05) is 13.1 Å². The summed E-state index contributed by atoms with van der Waals surface area (Å²) in [4.78, 5) is 25.3. The smallest absolute Gasteiger partial charge is 0.252 e. The molecule has 0 radical (unpaired) electrons. The summed E-state index contributed by atoms with van der Waals surface area (Å²) in [5, 5.41) is 4.67. The zero-order chi connectivity index (χ0) is 15.2. The van der Waals surface area contributed by atoms with Crippen LogP contribution in [-0.2, 0) is 0 Å². The molecule has 0 aliphatic carbocycles. The number of ketones is 1. The second kappa shape index (κ2) is 8.68. The molecule has 0 aliphatic heterocycles. The predicted octanol–water partition coefficient (Wildman–Crippen LogP) is 2.73. The van der Waals surface area contributed by atoms with E-state index < -0.39 is 0 Å². The van der Waals surface area contributed by atoms with E-state index in [-0.39, 0.29) is 30.0 Å². The molecule has 0 aliphatic rings. The van der Waals surface area contributed by atoms with Crippen LogP contribution in [0.25, 0.3) is 0 Å². The Morgan fingerprint density at radius 2 is 1.86 bits per heavy atom. The Balaban J connectivity index is 0.00000242. The van der Waals surface area contributed by atoms with Gasteiger partial charge in [-0.1, -0.05) is 31.2 Å². The molecule has 2 aromatic rings. The molecule has 1 aromatic heterocycles. The van der Waals surface area contributed by atoms with Crippen molar-refractivity contribution in [1.82, 2.24) is 5.32 Å². The summed E-state index contributed by atoms with van der Waals surface area (Å²) in [5.74, 6) is -0.160. The normalized spacial score (nSPS) is 11.4. The van der Waals surface area contributed by atoms with Gasteiger partial charge in [-0.3, -0.25) is 9.59 Å². The van der Waals surface area contributed by atoms with Crippen molar-refractivity contribution < 1.29 is 9.59 Å². The van der Waals surface area contributed by atoms with Crippen LogP contribution in [-0.4, -0.2) is 24.8 Å². The lowest BCUT2D eigenvalue weighted by Gasteiger charge is -2.12. The number of benzene rings is 1. The average molecular weight is 339 g/mol. The topological polar surface area (TPSA) is 72.2 Å². The van der Waals surface area contributed by atoms with Gasteiger partial charge >= 0.3 is 0 Å². The third-order valence-electron chi connectivity index (χ3n) is 3.17. The Bertz CT molecular complexity index is 629. The molecule has 1 heterocycles. The Hall–Kier alpha value is -1.69. The number of carbonyl (C=O) groups excluding carboxylic acids is 2. The van der Waals surface area contributed by atoms with Gasteiger partial charge in [0.05, 0.1) is 10.4 Å². The van der Waals surface area contributed by atoms with Gasteiger partial charge in [0.1, 0.15) is 0 Å². The molecule has 0 bridgehead atoms. The van der Waals surface area contributed by atoms with Gasteiger partial charge in [-0.15, -0.1) is 23.7 Å². The molecule has 2 rings (SSSR count). The van der Waals surface area contributed by atoms with Crippen LogP contribution in [0.3, 0.4) is 0 Å². The van der Waals surface area contributed by atoms with E-state index in [1.807, 2.05) is 18.4 Å². The quantitative estimate of drug-likeness (QED) is 0.795. The second-order valence-electron chi connectivity index (χ2n) is 4.90. The third-order valence-corrected chi connectivity index (χ3v) is 4.04. The van der Waals surface area contributed by atoms with Crippen LogP contribution in [0.15, 0.2) is 41.8 Å². The van der Waals surface area contributed by atoms with E-state index in [0.29, 0.717) is 29.1 Å². The lowest BCUT2D eigenvalue weighted by Crippen LogP contribution is -2.32. The SMILES string of the molecule is CC(CN)CNC(=O)c1ccccc1C(=O)c1cccs1.Cl. The van der Waals surface area contributed by atoms with E-state index in [2.05, 4.69) is 5.32 Å². The molecule has 118 valence electrons. The van der Waals surface area contributed by atoms with Gasteiger partial charge in [-0.25, -0.2) is 0 Å². The second-order valence-corrected chi connectivity index (χ2v) is 5.85. The number of nitrogens with two attached hydrogens (primary N) is 1. The van der Waals surface area contributed by atoms with E-state index in [4.69, 9.17) is 5.73 Å². The number of hydrogen-bond donors (Lipinski definition) is 2. The van der Waals surface area contributed by atoms with Crippen molar-refractivity contribution in [2.45, 2.75) is 6.92 Å². The Labute approximate surface area is 140 Å². The first-order chi connectivity index (χ1) is 10.1. The van der Waals surface area contributed by atoms with E-state index >= 15 is 0 Å². The van der Waals surface area contributed by atoms with E-state index in [0.717, 1.165) is 0 Å². The summed E-state index contributed by atoms with van der Waals surface area (Å²) in [6.07, 6.45) is 0. The zero-order valence-corrected chi connectivity index (χ0v) is 13.9. The number of amides is 1. The van der Waals surface area contributed by atoms with Crippen LogP contribution in [0.1, 0.15) is 32.5 Å². The standard InChI is InChI=1S/C16H18N2O2S.ClH/c1-11(9-17)10-18-16(20)13-6-3-2-5-12(13)15(19)14-7-4-8-21-14;/h2-8,11H,9-10,17H2,1H3,(H,18,20);1H. The van der Waals surface area contributed by atoms with Crippen LogP contribution in [0.4, 0.5) is 0 Å². The molecular formula is C16H19ClN2O2S. The molecule has 1 unspecified atom stereocenters. The maximum atomic E-state index is 12.4. The molecule has 1 aromatic carbocycles. The highest BCUT2D eigenvalue weighted by molar-refractivity contribution is 7.12. The fraction of sp³-hybridized carbons (Fsp3) is 0.250. The number of rotatable bonds is 6. The molecular weight excluding hydrogens is 320 g/mol. The molecule has 0 spiro atoms. The molecule has 6 heteroatoms. The van der Waals surface area contributed by atoms with Gasteiger partial charge in [-0.2, -0.15) is 0 Å². The largest absolute Gasteiger partial charge is 0.352 e. The minimum absolute atomic E-state index is 0.